The molecule has 5 heteroatoms. The third-order valence-corrected chi connectivity index (χ3v) is 4.82. The first-order valence-electron chi connectivity index (χ1n) is 7.46. The predicted molar refractivity (Wildman–Crippen MR) is 69.8 cm³/mol. The second-order valence-electron chi connectivity index (χ2n) is 6.17. The van der Waals surface area contributed by atoms with Crippen molar-refractivity contribution in [2.75, 3.05) is 13.1 Å². The number of nitrogens with zero attached hydrogens (tertiary/aromatic N) is 1. The first-order valence-corrected chi connectivity index (χ1v) is 7.46. The molecule has 0 unspecified atom stereocenters. The van der Waals surface area contributed by atoms with Crippen LogP contribution >= 0.6 is 0 Å². The summed E-state index contributed by atoms with van der Waals surface area (Å²) < 4.78 is 38.3. The highest BCUT2D eigenvalue weighted by atomic mass is 19.4. The summed E-state index contributed by atoms with van der Waals surface area (Å²) in [6.45, 7) is 3.59. The molecule has 0 aromatic rings. The molecule has 0 bridgehead atoms. The van der Waals surface area contributed by atoms with Gasteiger partial charge in [-0.15, -0.1) is 0 Å². The highest BCUT2D eigenvalue weighted by molar-refractivity contribution is 5.02. The van der Waals surface area contributed by atoms with Crippen LogP contribution in [0.15, 0.2) is 0 Å². The smallest absolute Gasteiger partial charge is 0.329 e. The topological polar surface area (TPSA) is 29.3 Å². The van der Waals surface area contributed by atoms with Gasteiger partial charge in [-0.3, -0.25) is 4.90 Å². The predicted octanol–water partition coefficient (Wildman–Crippen LogP) is 3.31. The Morgan fingerprint density at radius 2 is 1.74 bits per heavy atom. The van der Waals surface area contributed by atoms with Gasteiger partial charge >= 0.3 is 6.18 Å². The minimum absolute atomic E-state index is 0.168. The zero-order chi connectivity index (χ0) is 14.1. The second kappa shape index (κ2) is 5.60. The number of alkyl halides is 3. The molecule has 2 fully saturated rings. The molecule has 2 saturated carbocycles. The molecule has 0 radical (unpaired) electrons. The third kappa shape index (κ3) is 3.24. The number of hydrogen-bond acceptors (Lipinski definition) is 2. The van der Waals surface area contributed by atoms with E-state index in [1.807, 2.05) is 0 Å². The Morgan fingerprint density at radius 1 is 1.16 bits per heavy atom. The highest BCUT2D eigenvalue weighted by Gasteiger charge is 2.49. The van der Waals surface area contributed by atoms with Gasteiger partial charge in [0.25, 0.3) is 0 Å². The van der Waals surface area contributed by atoms with Crippen LogP contribution < -0.4 is 5.73 Å². The summed E-state index contributed by atoms with van der Waals surface area (Å²) in [5.41, 5.74) is 5.80. The lowest BCUT2D eigenvalue weighted by atomic mass is 9.75. The van der Waals surface area contributed by atoms with Crippen molar-refractivity contribution in [3.63, 3.8) is 0 Å². The standard InChI is InChI=1S/C14H25F3N2/c1-2-9-19(12-3-4-12)13(10-18)7-5-11(6-8-13)14(15,16)17/h11-12H,2-10,18H2,1H3. The van der Waals surface area contributed by atoms with Crippen LogP contribution in [0.2, 0.25) is 0 Å². The fourth-order valence-corrected chi connectivity index (χ4v) is 3.53. The van der Waals surface area contributed by atoms with Crippen LogP contribution in [0.3, 0.4) is 0 Å². The Hall–Kier alpha value is -0.290. The molecule has 2 aliphatic carbocycles. The third-order valence-electron chi connectivity index (χ3n) is 4.82. The molecule has 0 amide bonds. The fourth-order valence-electron chi connectivity index (χ4n) is 3.53. The van der Waals surface area contributed by atoms with E-state index in [-0.39, 0.29) is 18.4 Å². The summed E-state index contributed by atoms with van der Waals surface area (Å²) in [5, 5.41) is 0. The molecule has 112 valence electrons. The SMILES string of the molecule is CCCN(C1CC1)C1(CN)CCC(C(F)(F)F)CC1. The second-order valence-corrected chi connectivity index (χ2v) is 6.17. The van der Waals surface area contributed by atoms with Crippen LogP contribution in [-0.2, 0) is 0 Å². The number of rotatable bonds is 5. The molecule has 0 atom stereocenters. The average Bonchev–Trinajstić information content (AvgIpc) is 3.19. The zero-order valence-corrected chi connectivity index (χ0v) is 11.7. The molecule has 2 N–H and O–H groups in total. The van der Waals surface area contributed by atoms with Crippen LogP contribution in [0.4, 0.5) is 13.2 Å². The average molecular weight is 278 g/mol. The molecule has 0 heterocycles. The maximum atomic E-state index is 12.8. The minimum atomic E-state index is -4.03. The molecule has 2 nitrogen and oxygen atoms in total. The Bertz CT molecular complexity index is 292. The molecular formula is C14H25F3N2. The van der Waals surface area contributed by atoms with Gasteiger partial charge in [0.1, 0.15) is 0 Å². The fraction of sp³-hybridized carbons (Fsp3) is 1.00. The Morgan fingerprint density at radius 3 is 2.11 bits per heavy atom. The van der Waals surface area contributed by atoms with Crippen LogP contribution in [-0.4, -0.2) is 35.7 Å². The lowest BCUT2D eigenvalue weighted by molar-refractivity contribution is -0.188. The van der Waals surface area contributed by atoms with Crippen molar-refractivity contribution in [2.24, 2.45) is 11.7 Å². The van der Waals surface area contributed by atoms with Crippen molar-refractivity contribution in [1.82, 2.24) is 4.90 Å². The van der Waals surface area contributed by atoms with Crippen LogP contribution in [0.25, 0.3) is 0 Å². The first kappa shape index (κ1) is 15.1. The van der Waals surface area contributed by atoms with E-state index in [4.69, 9.17) is 5.73 Å². The minimum Gasteiger partial charge on any atom is -0.329 e. The van der Waals surface area contributed by atoms with Crippen molar-refractivity contribution in [1.29, 1.82) is 0 Å². The van der Waals surface area contributed by atoms with E-state index >= 15 is 0 Å². The van der Waals surface area contributed by atoms with Gasteiger partial charge in [-0.2, -0.15) is 13.2 Å². The molecule has 2 rings (SSSR count). The largest absolute Gasteiger partial charge is 0.391 e. The zero-order valence-electron chi connectivity index (χ0n) is 11.7. The van der Waals surface area contributed by atoms with E-state index in [1.54, 1.807) is 0 Å². The maximum Gasteiger partial charge on any atom is 0.391 e. The van der Waals surface area contributed by atoms with Crippen molar-refractivity contribution in [3.8, 4) is 0 Å². The maximum absolute atomic E-state index is 12.8. The van der Waals surface area contributed by atoms with Crippen molar-refractivity contribution in [3.05, 3.63) is 0 Å². The molecule has 0 saturated heterocycles. The van der Waals surface area contributed by atoms with E-state index in [0.717, 1.165) is 13.0 Å². The van der Waals surface area contributed by atoms with Gasteiger partial charge in [0, 0.05) is 18.1 Å². The van der Waals surface area contributed by atoms with Gasteiger partial charge in [0.15, 0.2) is 0 Å². The Labute approximate surface area is 113 Å². The summed E-state index contributed by atoms with van der Waals surface area (Å²) >= 11 is 0. The van der Waals surface area contributed by atoms with Gasteiger partial charge in [-0.05, 0) is 51.5 Å². The first-order chi connectivity index (χ1) is 8.93. The number of halogens is 3. The highest BCUT2D eigenvalue weighted by Crippen LogP contribution is 2.45. The van der Waals surface area contributed by atoms with E-state index in [2.05, 4.69) is 11.8 Å². The van der Waals surface area contributed by atoms with Crippen LogP contribution in [0.1, 0.15) is 51.9 Å². The number of nitrogens with two attached hydrogens (primary N) is 1. The monoisotopic (exact) mass is 278 g/mol. The molecule has 0 spiro atoms. The summed E-state index contributed by atoms with van der Waals surface area (Å²) in [4.78, 5) is 2.43. The van der Waals surface area contributed by atoms with Crippen molar-refractivity contribution >= 4 is 0 Å². The Kier molecular flexibility index (Phi) is 4.45. The van der Waals surface area contributed by atoms with Gasteiger partial charge < -0.3 is 5.73 Å². The van der Waals surface area contributed by atoms with E-state index in [1.165, 1.54) is 12.8 Å². The van der Waals surface area contributed by atoms with Crippen LogP contribution in [0, 0.1) is 5.92 Å². The van der Waals surface area contributed by atoms with Gasteiger partial charge in [0.2, 0.25) is 0 Å². The molecule has 0 aromatic heterocycles. The molecule has 0 aliphatic heterocycles. The molecular weight excluding hydrogens is 253 g/mol. The van der Waals surface area contributed by atoms with Crippen LogP contribution in [0.5, 0.6) is 0 Å². The summed E-state index contributed by atoms with van der Waals surface area (Å²) in [7, 11) is 0. The lowest BCUT2D eigenvalue weighted by Gasteiger charge is -2.48. The van der Waals surface area contributed by atoms with E-state index in [0.29, 0.717) is 25.4 Å². The van der Waals surface area contributed by atoms with E-state index < -0.39 is 12.1 Å². The normalized spacial score (nSPS) is 32.8. The summed E-state index contributed by atoms with van der Waals surface area (Å²) in [6.07, 6.45) is 1.07. The van der Waals surface area contributed by atoms with Gasteiger partial charge in [-0.25, -0.2) is 0 Å². The quantitative estimate of drug-likeness (QED) is 0.836. The van der Waals surface area contributed by atoms with Gasteiger partial charge in [-0.1, -0.05) is 6.92 Å². The summed E-state index contributed by atoms with van der Waals surface area (Å²) in [5.74, 6) is -1.12. The van der Waals surface area contributed by atoms with Gasteiger partial charge in [0.05, 0.1) is 5.92 Å². The number of hydrogen-bond donors (Lipinski definition) is 1. The molecule has 0 aromatic carbocycles. The molecule has 2 aliphatic rings. The van der Waals surface area contributed by atoms with Crippen molar-refractivity contribution < 1.29 is 13.2 Å². The van der Waals surface area contributed by atoms with Crippen molar-refractivity contribution in [2.45, 2.75) is 69.6 Å². The molecule has 19 heavy (non-hydrogen) atoms. The lowest BCUT2D eigenvalue weighted by Crippen LogP contribution is -2.57. The Balaban J connectivity index is 2.04. The summed E-state index contributed by atoms with van der Waals surface area (Å²) in [6, 6.07) is 0.575. The van der Waals surface area contributed by atoms with E-state index in [9.17, 15) is 13.2 Å².